The van der Waals surface area contributed by atoms with Crippen molar-refractivity contribution in [2.75, 3.05) is 0 Å². The molecule has 3 rings (SSSR count). The van der Waals surface area contributed by atoms with Crippen LogP contribution in [0.5, 0.6) is 0 Å². The SMILES string of the molecule is N#Cc1ccc(-c2cncnc2)c2ccccc12. The molecular formula is C15H9N3. The Labute approximate surface area is 104 Å². The smallest absolute Gasteiger partial charge is 0.115 e. The summed E-state index contributed by atoms with van der Waals surface area (Å²) >= 11 is 0. The third-order valence-corrected chi connectivity index (χ3v) is 2.92. The van der Waals surface area contributed by atoms with Gasteiger partial charge in [0, 0.05) is 23.3 Å². The van der Waals surface area contributed by atoms with E-state index in [1.807, 2.05) is 36.4 Å². The number of fused-ring (bicyclic) bond motifs is 1. The molecule has 0 saturated heterocycles. The molecule has 0 atom stereocenters. The summed E-state index contributed by atoms with van der Waals surface area (Å²) in [5.74, 6) is 0. The minimum absolute atomic E-state index is 0.686. The molecule has 1 aromatic heterocycles. The molecule has 0 aliphatic rings. The summed E-state index contributed by atoms with van der Waals surface area (Å²) in [6, 6.07) is 13.9. The number of hydrogen-bond donors (Lipinski definition) is 0. The zero-order valence-electron chi connectivity index (χ0n) is 9.54. The molecule has 0 saturated carbocycles. The van der Waals surface area contributed by atoms with Gasteiger partial charge in [-0.3, -0.25) is 0 Å². The van der Waals surface area contributed by atoms with Gasteiger partial charge in [0.1, 0.15) is 6.33 Å². The highest BCUT2D eigenvalue weighted by atomic mass is 14.8. The maximum atomic E-state index is 9.12. The maximum Gasteiger partial charge on any atom is 0.115 e. The summed E-state index contributed by atoms with van der Waals surface area (Å²) < 4.78 is 0. The van der Waals surface area contributed by atoms with Gasteiger partial charge in [0.15, 0.2) is 0 Å². The topological polar surface area (TPSA) is 49.6 Å². The van der Waals surface area contributed by atoms with Crippen molar-refractivity contribution in [3.63, 3.8) is 0 Å². The van der Waals surface area contributed by atoms with Gasteiger partial charge in [0.25, 0.3) is 0 Å². The van der Waals surface area contributed by atoms with Crippen LogP contribution in [0, 0.1) is 11.3 Å². The maximum absolute atomic E-state index is 9.12. The van der Waals surface area contributed by atoms with Crippen LogP contribution in [0.25, 0.3) is 21.9 Å². The van der Waals surface area contributed by atoms with E-state index < -0.39 is 0 Å². The predicted molar refractivity (Wildman–Crippen MR) is 69.7 cm³/mol. The molecule has 3 nitrogen and oxygen atoms in total. The highest BCUT2D eigenvalue weighted by molar-refractivity contribution is 5.99. The van der Waals surface area contributed by atoms with Gasteiger partial charge in [0.05, 0.1) is 11.6 Å². The lowest BCUT2D eigenvalue weighted by Gasteiger charge is -2.07. The summed E-state index contributed by atoms with van der Waals surface area (Å²) in [6.45, 7) is 0. The van der Waals surface area contributed by atoms with Crippen molar-refractivity contribution in [1.82, 2.24) is 9.97 Å². The molecule has 0 fully saturated rings. The van der Waals surface area contributed by atoms with E-state index in [2.05, 4.69) is 16.0 Å². The highest BCUT2D eigenvalue weighted by Gasteiger charge is 2.07. The van der Waals surface area contributed by atoms with Crippen LogP contribution >= 0.6 is 0 Å². The van der Waals surface area contributed by atoms with Crippen LogP contribution in [-0.2, 0) is 0 Å². The zero-order chi connectivity index (χ0) is 12.4. The first-order valence-corrected chi connectivity index (χ1v) is 5.57. The third kappa shape index (κ3) is 1.61. The largest absolute Gasteiger partial charge is 0.244 e. The fourth-order valence-corrected chi connectivity index (χ4v) is 2.09. The molecule has 3 aromatic rings. The van der Waals surface area contributed by atoms with Gasteiger partial charge in [-0.2, -0.15) is 5.26 Å². The minimum atomic E-state index is 0.686. The molecule has 0 unspecified atom stereocenters. The summed E-state index contributed by atoms with van der Waals surface area (Å²) in [4.78, 5) is 8.07. The summed E-state index contributed by atoms with van der Waals surface area (Å²) in [5.41, 5.74) is 2.69. The molecular weight excluding hydrogens is 222 g/mol. The number of nitrogens with zero attached hydrogens (tertiary/aromatic N) is 3. The number of nitriles is 1. The van der Waals surface area contributed by atoms with Gasteiger partial charge in [-0.1, -0.05) is 30.3 Å². The van der Waals surface area contributed by atoms with Crippen LogP contribution in [0.3, 0.4) is 0 Å². The Bertz CT molecular complexity index is 743. The molecule has 0 N–H and O–H groups in total. The minimum Gasteiger partial charge on any atom is -0.244 e. The van der Waals surface area contributed by atoms with Crippen LogP contribution in [-0.4, -0.2) is 9.97 Å². The Morgan fingerprint density at radius 1 is 0.889 bits per heavy atom. The standard InChI is InChI=1S/C15H9N3/c16-7-11-5-6-14(12-8-17-10-18-9-12)15-4-2-1-3-13(11)15/h1-6,8-10H. The first kappa shape index (κ1) is 10.4. The third-order valence-electron chi connectivity index (χ3n) is 2.92. The van der Waals surface area contributed by atoms with E-state index in [1.165, 1.54) is 6.33 Å². The first-order valence-electron chi connectivity index (χ1n) is 5.57. The Morgan fingerprint density at radius 2 is 1.61 bits per heavy atom. The van der Waals surface area contributed by atoms with E-state index in [1.54, 1.807) is 12.4 Å². The lowest BCUT2D eigenvalue weighted by molar-refractivity contribution is 1.17. The average Bonchev–Trinajstić information content (AvgIpc) is 2.47. The molecule has 3 heteroatoms. The zero-order valence-corrected chi connectivity index (χ0v) is 9.54. The summed E-state index contributed by atoms with van der Waals surface area (Å²) in [6.07, 6.45) is 5.07. The molecule has 0 spiro atoms. The number of rotatable bonds is 1. The quantitative estimate of drug-likeness (QED) is 0.646. The number of hydrogen-bond acceptors (Lipinski definition) is 3. The van der Waals surface area contributed by atoms with Crippen molar-refractivity contribution >= 4 is 10.8 Å². The second-order valence-corrected chi connectivity index (χ2v) is 3.95. The molecule has 2 aromatic carbocycles. The van der Waals surface area contributed by atoms with Crippen LogP contribution < -0.4 is 0 Å². The van der Waals surface area contributed by atoms with Crippen LogP contribution in [0.1, 0.15) is 5.56 Å². The molecule has 0 radical (unpaired) electrons. The lowest BCUT2D eigenvalue weighted by Crippen LogP contribution is -1.86. The van der Waals surface area contributed by atoms with Crippen molar-refractivity contribution in [2.45, 2.75) is 0 Å². The predicted octanol–water partition coefficient (Wildman–Crippen LogP) is 3.17. The van der Waals surface area contributed by atoms with Gasteiger partial charge in [0.2, 0.25) is 0 Å². The molecule has 18 heavy (non-hydrogen) atoms. The van der Waals surface area contributed by atoms with Crippen molar-refractivity contribution < 1.29 is 0 Å². The molecule has 0 aliphatic heterocycles. The van der Waals surface area contributed by atoms with Crippen LogP contribution in [0.2, 0.25) is 0 Å². The van der Waals surface area contributed by atoms with Crippen molar-refractivity contribution in [3.05, 3.63) is 60.7 Å². The number of benzene rings is 2. The molecule has 1 heterocycles. The van der Waals surface area contributed by atoms with Crippen molar-refractivity contribution in [1.29, 1.82) is 5.26 Å². The lowest BCUT2D eigenvalue weighted by atomic mass is 9.97. The second-order valence-electron chi connectivity index (χ2n) is 3.95. The fourth-order valence-electron chi connectivity index (χ4n) is 2.09. The van der Waals surface area contributed by atoms with Gasteiger partial charge in [-0.25, -0.2) is 9.97 Å². The fraction of sp³-hybridized carbons (Fsp3) is 0. The summed E-state index contributed by atoms with van der Waals surface area (Å²) in [7, 11) is 0. The Morgan fingerprint density at radius 3 is 2.33 bits per heavy atom. The average molecular weight is 231 g/mol. The van der Waals surface area contributed by atoms with E-state index >= 15 is 0 Å². The van der Waals surface area contributed by atoms with Gasteiger partial charge in [-0.15, -0.1) is 0 Å². The number of aromatic nitrogens is 2. The van der Waals surface area contributed by atoms with E-state index in [4.69, 9.17) is 5.26 Å². The van der Waals surface area contributed by atoms with Crippen LogP contribution in [0.15, 0.2) is 55.1 Å². The first-order chi connectivity index (χ1) is 8.90. The van der Waals surface area contributed by atoms with E-state index in [-0.39, 0.29) is 0 Å². The Kier molecular flexibility index (Phi) is 2.47. The van der Waals surface area contributed by atoms with Gasteiger partial charge in [-0.05, 0) is 17.0 Å². The van der Waals surface area contributed by atoms with Gasteiger partial charge >= 0.3 is 0 Å². The van der Waals surface area contributed by atoms with Crippen molar-refractivity contribution in [3.8, 4) is 17.2 Å². The highest BCUT2D eigenvalue weighted by Crippen LogP contribution is 2.29. The molecule has 0 aliphatic carbocycles. The van der Waals surface area contributed by atoms with E-state index in [0.29, 0.717) is 5.56 Å². The molecule has 0 amide bonds. The Balaban J connectivity index is 2.36. The monoisotopic (exact) mass is 231 g/mol. The molecule has 0 bridgehead atoms. The summed E-state index contributed by atoms with van der Waals surface area (Å²) in [5, 5.41) is 11.1. The van der Waals surface area contributed by atoms with Crippen LogP contribution in [0.4, 0.5) is 0 Å². The van der Waals surface area contributed by atoms with Crippen molar-refractivity contribution in [2.24, 2.45) is 0 Å². The van der Waals surface area contributed by atoms with Gasteiger partial charge < -0.3 is 0 Å². The second kappa shape index (κ2) is 4.27. The Hall–Kier alpha value is -2.73. The molecule has 84 valence electrons. The normalized spacial score (nSPS) is 10.2. The van der Waals surface area contributed by atoms with E-state index in [0.717, 1.165) is 21.9 Å². The van der Waals surface area contributed by atoms with E-state index in [9.17, 15) is 0 Å².